The van der Waals surface area contributed by atoms with Gasteiger partial charge in [-0.1, -0.05) is 12.1 Å². The van der Waals surface area contributed by atoms with E-state index in [0.29, 0.717) is 49.3 Å². The summed E-state index contributed by atoms with van der Waals surface area (Å²) in [6, 6.07) is 5.05. The summed E-state index contributed by atoms with van der Waals surface area (Å²) < 4.78 is 0.982. The number of carboxylic acids is 4. The highest BCUT2D eigenvalue weighted by Gasteiger charge is 2.45. The normalized spacial score (nSPS) is 15.6. The summed E-state index contributed by atoms with van der Waals surface area (Å²) in [7, 11) is 0. The first-order chi connectivity index (χ1) is 22.6. The van der Waals surface area contributed by atoms with Gasteiger partial charge in [0.1, 0.15) is 12.1 Å². The highest BCUT2D eigenvalue weighted by atomic mass is 127. The molecule has 0 saturated heterocycles. The second kappa shape index (κ2) is 10.8. The number of carboxylic acid groups (broad SMARTS) is 4. The molecular weight excluding hydrogens is 858 g/mol. The van der Waals surface area contributed by atoms with Crippen LogP contribution in [-0.2, 0) is 19.2 Å². The number of halogens is 2. The Balaban J connectivity index is 1.55. The van der Waals surface area contributed by atoms with Crippen LogP contribution in [0.2, 0.25) is 0 Å². The Morgan fingerprint density at radius 2 is 0.854 bits per heavy atom. The minimum absolute atomic E-state index is 0.00515. The zero-order chi connectivity index (χ0) is 34.7. The predicted molar refractivity (Wildman–Crippen MR) is 181 cm³/mol. The third kappa shape index (κ3) is 4.20. The number of hydrogen-bond acceptors (Lipinski definition) is 8. The highest BCUT2D eigenvalue weighted by molar-refractivity contribution is 14.1. The molecule has 2 aliphatic heterocycles. The lowest BCUT2D eigenvalue weighted by molar-refractivity contribution is -0.148. The number of rotatable bonds is 8. The third-order valence-electron chi connectivity index (χ3n) is 8.73. The van der Waals surface area contributed by atoms with Gasteiger partial charge in [-0.2, -0.15) is 0 Å². The van der Waals surface area contributed by atoms with E-state index in [9.17, 15) is 58.8 Å². The average Bonchev–Trinajstić information content (AvgIpc) is 3.01. The fourth-order valence-electron chi connectivity index (χ4n) is 6.88. The van der Waals surface area contributed by atoms with Crippen molar-refractivity contribution in [2.24, 2.45) is 0 Å². The molecule has 0 fully saturated rings. The molecule has 240 valence electrons. The maximum atomic E-state index is 13.8. The monoisotopic (exact) mass is 874 g/mol. The molecule has 5 aromatic carbocycles. The van der Waals surface area contributed by atoms with E-state index in [2.05, 4.69) is 0 Å². The van der Waals surface area contributed by atoms with Crippen LogP contribution >= 0.6 is 45.2 Å². The van der Waals surface area contributed by atoms with Crippen molar-refractivity contribution in [2.75, 3.05) is 0 Å². The molecule has 14 nitrogen and oxygen atoms in total. The number of carbonyl (C=O) groups excluding carboxylic acids is 4. The van der Waals surface area contributed by atoms with Crippen LogP contribution in [0.1, 0.15) is 54.3 Å². The molecular formula is C32H16I2N2O12. The third-order valence-corrected chi connectivity index (χ3v) is 10.4. The lowest BCUT2D eigenvalue weighted by Crippen LogP contribution is -2.51. The molecule has 2 atom stereocenters. The van der Waals surface area contributed by atoms with Crippen molar-refractivity contribution in [2.45, 2.75) is 24.9 Å². The standard InChI is InChI=1S/C32H16I2N2O12/c33-15-5-14-22-12(28(42)36(30(14)44)18(32(47)48)8-20(39)40)4-2-10-24-16(34)6-13-21-11(3-1-9(25(21)24)23(15)26(10)22)27(41)35(29(13)43)17(31(45)46)7-19(37)38/h1-6,17-18H,7-8H2,(H,37,38)(H,39,40)(H,45,46)(H,47,48)/t17-,18-/m0/s1. The van der Waals surface area contributed by atoms with E-state index in [-0.39, 0.29) is 33.0 Å². The topological polar surface area (TPSA) is 224 Å². The Morgan fingerprint density at radius 1 is 0.521 bits per heavy atom. The van der Waals surface area contributed by atoms with E-state index in [1.54, 1.807) is 12.1 Å². The molecule has 0 bridgehead atoms. The smallest absolute Gasteiger partial charge is 0.327 e. The first kappa shape index (κ1) is 31.6. The molecule has 0 unspecified atom stereocenters. The first-order valence-corrected chi connectivity index (χ1v) is 16.1. The van der Waals surface area contributed by atoms with E-state index in [0.717, 1.165) is 0 Å². The van der Waals surface area contributed by atoms with Crippen LogP contribution in [0.15, 0.2) is 36.4 Å². The van der Waals surface area contributed by atoms with Gasteiger partial charge in [-0.3, -0.25) is 38.6 Å². The molecule has 0 aliphatic carbocycles. The van der Waals surface area contributed by atoms with Gasteiger partial charge in [0, 0.05) is 61.7 Å². The second-order valence-corrected chi connectivity index (χ2v) is 13.6. The van der Waals surface area contributed by atoms with Crippen molar-refractivity contribution in [3.8, 4) is 0 Å². The predicted octanol–water partition coefficient (Wildman–Crippen LogP) is 3.99. The Labute approximate surface area is 293 Å². The lowest BCUT2D eigenvalue weighted by atomic mass is 9.82. The van der Waals surface area contributed by atoms with Crippen molar-refractivity contribution in [1.29, 1.82) is 0 Å². The molecule has 4 N–H and O–H groups in total. The summed E-state index contributed by atoms with van der Waals surface area (Å²) >= 11 is 3.96. The summed E-state index contributed by atoms with van der Waals surface area (Å²) in [5.41, 5.74) is -0.0365. The van der Waals surface area contributed by atoms with Gasteiger partial charge in [0.2, 0.25) is 0 Å². The second-order valence-electron chi connectivity index (χ2n) is 11.2. The van der Waals surface area contributed by atoms with Gasteiger partial charge in [-0.05, 0) is 80.2 Å². The van der Waals surface area contributed by atoms with Crippen molar-refractivity contribution >= 4 is 136 Å². The van der Waals surface area contributed by atoms with Gasteiger partial charge in [0.05, 0.1) is 12.8 Å². The van der Waals surface area contributed by atoms with Crippen LogP contribution in [0.3, 0.4) is 0 Å². The summed E-state index contributed by atoms with van der Waals surface area (Å²) in [4.78, 5) is 103. The molecule has 4 amide bonds. The number of amides is 4. The number of fused-ring (bicyclic) bond motifs is 2. The van der Waals surface area contributed by atoms with E-state index in [4.69, 9.17) is 0 Å². The van der Waals surface area contributed by atoms with Crippen LogP contribution in [0.25, 0.3) is 43.1 Å². The molecule has 2 heterocycles. The Morgan fingerprint density at radius 3 is 1.17 bits per heavy atom. The fraction of sp³-hybridized carbons (Fsp3) is 0.125. The average molecular weight is 874 g/mol. The largest absolute Gasteiger partial charge is 0.481 e. The molecule has 0 saturated carbocycles. The Bertz CT molecular complexity index is 2290. The summed E-state index contributed by atoms with van der Waals surface area (Å²) in [5, 5.41) is 41.8. The molecule has 5 aromatic rings. The highest BCUT2D eigenvalue weighted by Crippen LogP contribution is 2.49. The minimum atomic E-state index is -1.96. The zero-order valence-corrected chi connectivity index (χ0v) is 28.1. The molecule has 0 spiro atoms. The van der Waals surface area contributed by atoms with Gasteiger partial charge in [0.15, 0.2) is 0 Å². The van der Waals surface area contributed by atoms with Crippen LogP contribution in [-0.4, -0.2) is 89.8 Å². The van der Waals surface area contributed by atoms with Crippen molar-refractivity contribution in [1.82, 2.24) is 9.80 Å². The van der Waals surface area contributed by atoms with E-state index in [1.165, 1.54) is 24.3 Å². The van der Waals surface area contributed by atoms with Gasteiger partial charge >= 0.3 is 23.9 Å². The van der Waals surface area contributed by atoms with Crippen molar-refractivity contribution < 1.29 is 58.8 Å². The lowest BCUT2D eigenvalue weighted by Gasteiger charge is -2.33. The van der Waals surface area contributed by atoms with E-state index >= 15 is 0 Å². The van der Waals surface area contributed by atoms with Crippen molar-refractivity contribution in [3.63, 3.8) is 0 Å². The molecule has 16 heteroatoms. The van der Waals surface area contributed by atoms with Gasteiger partial charge in [-0.15, -0.1) is 0 Å². The maximum absolute atomic E-state index is 13.8. The number of carbonyl (C=O) groups is 8. The molecule has 2 aliphatic rings. The van der Waals surface area contributed by atoms with Gasteiger partial charge < -0.3 is 20.4 Å². The molecule has 0 aromatic heterocycles. The van der Waals surface area contributed by atoms with Gasteiger partial charge in [-0.25, -0.2) is 9.59 Å². The number of nitrogens with zero attached hydrogens (tertiary/aromatic N) is 2. The zero-order valence-electron chi connectivity index (χ0n) is 23.7. The van der Waals surface area contributed by atoms with Crippen LogP contribution in [0.5, 0.6) is 0 Å². The van der Waals surface area contributed by atoms with Crippen LogP contribution in [0.4, 0.5) is 0 Å². The SMILES string of the molecule is O=C(O)C[C@@H](C(=O)O)N1C(=O)c2ccc3c4c(I)cc5c6c(ccc(c7c(I)cc(c2c37)C1=O)c64)C(=O)N([C@@H](CC(=O)O)C(=O)O)C5=O. The Hall–Kier alpha value is -4.98. The molecule has 48 heavy (non-hydrogen) atoms. The number of hydrogen-bond donors (Lipinski definition) is 4. The molecule has 0 radical (unpaired) electrons. The van der Waals surface area contributed by atoms with Crippen LogP contribution in [0, 0.1) is 7.14 Å². The number of benzene rings is 5. The van der Waals surface area contributed by atoms with E-state index in [1.807, 2.05) is 45.2 Å². The summed E-state index contributed by atoms with van der Waals surface area (Å²) in [5.74, 6) is -10.2. The number of imide groups is 2. The summed E-state index contributed by atoms with van der Waals surface area (Å²) in [6.45, 7) is 0. The Kier molecular flexibility index (Phi) is 7.09. The minimum Gasteiger partial charge on any atom is -0.481 e. The number of aliphatic carboxylic acids is 4. The summed E-state index contributed by atoms with van der Waals surface area (Å²) in [6.07, 6.45) is -2.01. The van der Waals surface area contributed by atoms with E-state index < -0.39 is 72.4 Å². The maximum Gasteiger partial charge on any atom is 0.327 e. The first-order valence-electron chi connectivity index (χ1n) is 13.9. The van der Waals surface area contributed by atoms with Crippen LogP contribution < -0.4 is 0 Å². The van der Waals surface area contributed by atoms with Gasteiger partial charge in [0.25, 0.3) is 23.6 Å². The van der Waals surface area contributed by atoms with Crippen molar-refractivity contribution in [3.05, 3.63) is 65.8 Å². The quantitative estimate of drug-likeness (QED) is 0.0752. The fourth-order valence-corrected chi connectivity index (χ4v) is 8.62. The molecule has 7 rings (SSSR count).